The van der Waals surface area contributed by atoms with Crippen LogP contribution in [-0.4, -0.2) is 26.2 Å². The quantitative estimate of drug-likeness (QED) is 0.745. The van der Waals surface area contributed by atoms with Gasteiger partial charge in [0.05, 0.1) is 23.4 Å². The predicted molar refractivity (Wildman–Crippen MR) is 56.8 cm³/mol. The van der Waals surface area contributed by atoms with Crippen LogP contribution in [0.15, 0.2) is 12.1 Å². The van der Waals surface area contributed by atoms with Crippen molar-refractivity contribution >= 4 is 23.3 Å². The highest BCUT2D eigenvalue weighted by atomic mass is 35.5. The first-order chi connectivity index (χ1) is 7.22. The molecule has 1 aliphatic heterocycles. The number of ether oxygens (including phenoxy) is 2. The minimum Gasteiger partial charge on any atom is -0.488 e. The van der Waals surface area contributed by atoms with Crippen LogP contribution >= 0.6 is 11.6 Å². The molecule has 0 aromatic heterocycles. The Bertz CT molecular complexity index is 406. The molecule has 0 saturated heterocycles. The summed E-state index contributed by atoms with van der Waals surface area (Å²) < 4.78 is 9.99. The van der Waals surface area contributed by atoms with Gasteiger partial charge in [0.1, 0.15) is 6.61 Å². The summed E-state index contributed by atoms with van der Waals surface area (Å²) in [5.74, 6) is 0.183. The zero-order valence-corrected chi connectivity index (χ0v) is 8.93. The van der Waals surface area contributed by atoms with Gasteiger partial charge >= 0.3 is 5.97 Å². The van der Waals surface area contributed by atoms with Gasteiger partial charge in [-0.1, -0.05) is 11.6 Å². The van der Waals surface area contributed by atoms with Crippen LogP contribution in [0.5, 0.6) is 5.75 Å². The Morgan fingerprint density at radius 2 is 2.40 bits per heavy atom. The third kappa shape index (κ3) is 1.85. The van der Waals surface area contributed by atoms with Crippen molar-refractivity contribution in [3.05, 3.63) is 22.7 Å². The molecule has 0 spiro atoms. The fourth-order valence-corrected chi connectivity index (χ4v) is 1.72. The molecule has 1 N–H and O–H groups in total. The first kappa shape index (κ1) is 10.1. The van der Waals surface area contributed by atoms with Gasteiger partial charge in [-0.3, -0.25) is 0 Å². The van der Waals surface area contributed by atoms with Gasteiger partial charge in [0.15, 0.2) is 5.75 Å². The number of carbonyl (C=O) groups is 1. The zero-order valence-electron chi connectivity index (χ0n) is 8.17. The van der Waals surface area contributed by atoms with Crippen LogP contribution < -0.4 is 10.1 Å². The maximum atomic E-state index is 11.3. The van der Waals surface area contributed by atoms with Crippen molar-refractivity contribution < 1.29 is 14.3 Å². The molecule has 0 bridgehead atoms. The van der Waals surface area contributed by atoms with Crippen LogP contribution in [-0.2, 0) is 4.74 Å². The highest BCUT2D eigenvalue weighted by Crippen LogP contribution is 2.36. The molecule has 1 aliphatic rings. The Morgan fingerprint density at radius 3 is 3.13 bits per heavy atom. The van der Waals surface area contributed by atoms with E-state index in [2.05, 4.69) is 10.1 Å². The summed E-state index contributed by atoms with van der Waals surface area (Å²) in [5, 5.41) is 3.52. The minimum absolute atomic E-state index is 0.410. The summed E-state index contributed by atoms with van der Waals surface area (Å²) in [7, 11) is 1.33. The van der Waals surface area contributed by atoms with Crippen molar-refractivity contribution in [3.63, 3.8) is 0 Å². The van der Waals surface area contributed by atoms with Crippen LogP contribution in [0.3, 0.4) is 0 Å². The van der Waals surface area contributed by atoms with Crippen LogP contribution in [0.1, 0.15) is 10.4 Å². The van der Waals surface area contributed by atoms with Gasteiger partial charge in [0.25, 0.3) is 0 Å². The number of hydrogen-bond acceptors (Lipinski definition) is 4. The number of methoxy groups -OCH3 is 1. The first-order valence-electron chi connectivity index (χ1n) is 4.51. The second-order valence-corrected chi connectivity index (χ2v) is 3.51. The molecule has 15 heavy (non-hydrogen) atoms. The van der Waals surface area contributed by atoms with Crippen molar-refractivity contribution in [2.24, 2.45) is 0 Å². The smallest absolute Gasteiger partial charge is 0.337 e. The maximum absolute atomic E-state index is 11.3. The molecule has 1 aromatic rings. The molecular formula is C10H10ClNO3. The van der Waals surface area contributed by atoms with Gasteiger partial charge in [0.2, 0.25) is 0 Å². The number of fused-ring (bicyclic) bond motifs is 1. The monoisotopic (exact) mass is 227 g/mol. The number of nitrogens with one attached hydrogen (secondary N) is 1. The van der Waals surface area contributed by atoms with E-state index in [0.29, 0.717) is 29.5 Å². The first-order valence-corrected chi connectivity index (χ1v) is 4.88. The molecule has 1 aromatic carbocycles. The maximum Gasteiger partial charge on any atom is 0.337 e. The van der Waals surface area contributed by atoms with E-state index < -0.39 is 5.97 Å². The largest absolute Gasteiger partial charge is 0.488 e. The van der Waals surface area contributed by atoms with Gasteiger partial charge in [0, 0.05) is 6.54 Å². The summed E-state index contributed by atoms with van der Waals surface area (Å²) in [4.78, 5) is 11.3. The molecule has 1 heterocycles. The second-order valence-electron chi connectivity index (χ2n) is 3.10. The third-order valence-corrected chi connectivity index (χ3v) is 2.41. The SMILES string of the molecule is COC(=O)c1cc(Cl)c2c(c1)NCCO2. The molecule has 80 valence electrons. The molecule has 0 unspecified atom stereocenters. The topological polar surface area (TPSA) is 47.6 Å². The highest BCUT2D eigenvalue weighted by Gasteiger charge is 2.17. The molecule has 0 saturated carbocycles. The summed E-state index contributed by atoms with van der Waals surface area (Å²) >= 11 is 5.98. The van der Waals surface area contributed by atoms with Crippen LogP contribution in [0, 0.1) is 0 Å². The fraction of sp³-hybridized carbons (Fsp3) is 0.300. The standard InChI is InChI=1S/C10H10ClNO3/c1-14-10(13)6-4-7(11)9-8(5-6)12-2-3-15-9/h4-5,12H,2-3H2,1H3. The average Bonchev–Trinajstić information content (AvgIpc) is 2.28. The average molecular weight is 228 g/mol. The lowest BCUT2D eigenvalue weighted by atomic mass is 10.1. The van der Waals surface area contributed by atoms with Gasteiger partial charge < -0.3 is 14.8 Å². The van der Waals surface area contributed by atoms with Gasteiger partial charge in [-0.05, 0) is 12.1 Å². The number of benzene rings is 1. The van der Waals surface area contributed by atoms with E-state index in [9.17, 15) is 4.79 Å². The van der Waals surface area contributed by atoms with Gasteiger partial charge in [-0.25, -0.2) is 4.79 Å². The summed E-state index contributed by atoms with van der Waals surface area (Å²) in [6.07, 6.45) is 0. The predicted octanol–water partition coefficient (Wildman–Crippen LogP) is 1.93. The van der Waals surface area contributed by atoms with E-state index in [-0.39, 0.29) is 0 Å². The molecule has 0 radical (unpaired) electrons. The Labute approximate surface area is 92.1 Å². The van der Waals surface area contributed by atoms with E-state index >= 15 is 0 Å². The number of anilines is 1. The normalized spacial score (nSPS) is 13.5. The van der Waals surface area contributed by atoms with E-state index in [4.69, 9.17) is 16.3 Å². The van der Waals surface area contributed by atoms with Crippen molar-refractivity contribution in [1.82, 2.24) is 0 Å². The second kappa shape index (κ2) is 3.98. The lowest BCUT2D eigenvalue weighted by Gasteiger charge is -2.20. The number of esters is 1. The summed E-state index contributed by atoms with van der Waals surface area (Å²) in [6.45, 7) is 1.28. The van der Waals surface area contributed by atoms with Crippen LogP contribution in [0.4, 0.5) is 5.69 Å². The van der Waals surface area contributed by atoms with E-state index in [1.54, 1.807) is 12.1 Å². The molecule has 5 heteroatoms. The Hall–Kier alpha value is -1.42. The Morgan fingerprint density at radius 1 is 1.60 bits per heavy atom. The summed E-state index contributed by atoms with van der Waals surface area (Å²) in [6, 6.07) is 3.21. The van der Waals surface area contributed by atoms with Gasteiger partial charge in [-0.15, -0.1) is 0 Å². The molecule has 0 atom stereocenters. The van der Waals surface area contributed by atoms with E-state index in [1.807, 2.05) is 0 Å². The number of rotatable bonds is 1. The number of carbonyl (C=O) groups excluding carboxylic acids is 1. The zero-order chi connectivity index (χ0) is 10.8. The Kier molecular flexibility index (Phi) is 2.68. The van der Waals surface area contributed by atoms with Crippen LogP contribution in [0.25, 0.3) is 0 Å². The number of halogens is 1. The molecule has 4 nitrogen and oxygen atoms in total. The molecular weight excluding hydrogens is 218 g/mol. The van der Waals surface area contributed by atoms with Crippen molar-refractivity contribution in [3.8, 4) is 5.75 Å². The lowest BCUT2D eigenvalue weighted by Crippen LogP contribution is -2.19. The molecule has 0 aliphatic carbocycles. The van der Waals surface area contributed by atoms with E-state index in [1.165, 1.54) is 7.11 Å². The van der Waals surface area contributed by atoms with Gasteiger partial charge in [-0.2, -0.15) is 0 Å². The summed E-state index contributed by atoms with van der Waals surface area (Å²) in [5.41, 5.74) is 1.15. The third-order valence-electron chi connectivity index (χ3n) is 2.13. The molecule has 0 fully saturated rings. The fourth-order valence-electron chi connectivity index (χ4n) is 1.45. The van der Waals surface area contributed by atoms with Crippen molar-refractivity contribution in [2.45, 2.75) is 0 Å². The Balaban J connectivity index is 2.45. The highest BCUT2D eigenvalue weighted by molar-refractivity contribution is 6.33. The van der Waals surface area contributed by atoms with E-state index in [0.717, 1.165) is 5.69 Å². The van der Waals surface area contributed by atoms with Crippen molar-refractivity contribution in [2.75, 3.05) is 25.6 Å². The molecule has 2 rings (SSSR count). The molecule has 0 amide bonds. The number of hydrogen-bond donors (Lipinski definition) is 1. The van der Waals surface area contributed by atoms with Crippen molar-refractivity contribution in [1.29, 1.82) is 0 Å². The minimum atomic E-state index is -0.410. The van der Waals surface area contributed by atoms with Crippen LogP contribution in [0.2, 0.25) is 5.02 Å². The lowest BCUT2D eigenvalue weighted by molar-refractivity contribution is 0.0600.